The van der Waals surface area contributed by atoms with Crippen LogP contribution in [-0.2, 0) is 16.5 Å². The van der Waals surface area contributed by atoms with Gasteiger partial charge < -0.3 is 5.11 Å². The van der Waals surface area contributed by atoms with Gasteiger partial charge in [0.2, 0.25) is 0 Å². The zero-order valence-electron chi connectivity index (χ0n) is 8.51. The van der Waals surface area contributed by atoms with Gasteiger partial charge in [0.25, 0.3) is 6.43 Å². The Balaban J connectivity index is 3.22. The normalized spacial score (nSPS) is 10.8. The lowest BCUT2D eigenvalue weighted by Gasteiger charge is -2.11. The van der Waals surface area contributed by atoms with Crippen LogP contribution in [0, 0.1) is 6.92 Å². The Morgan fingerprint density at radius 2 is 2.25 bits per heavy atom. The van der Waals surface area contributed by atoms with Gasteiger partial charge in [-0.15, -0.1) is 0 Å². The fourth-order valence-corrected chi connectivity index (χ4v) is 2.13. The Kier molecular flexibility index (Phi) is 4.35. The van der Waals surface area contributed by atoms with Crippen molar-refractivity contribution in [2.24, 2.45) is 0 Å². The van der Waals surface area contributed by atoms with E-state index in [2.05, 4.69) is 20.9 Å². The number of carbonyl (C=O) groups is 1. The van der Waals surface area contributed by atoms with Crippen molar-refractivity contribution in [2.45, 2.75) is 25.1 Å². The van der Waals surface area contributed by atoms with Gasteiger partial charge in [-0.05, 0) is 18.6 Å². The highest BCUT2D eigenvalue weighted by atomic mass is 79.9. The monoisotopic (exact) mass is 293 g/mol. The molecule has 1 aromatic rings. The highest BCUT2D eigenvalue weighted by molar-refractivity contribution is 9.08. The maximum Gasteiger partial charge on any atom is 0.309 e. The van der Waals surface area contributed by atoms with Gasteiger partial charge in [-0.25, -0.2) is 8.78 Å². The van der Waals surface area contributed by atoms with Gasteiger partial charge >= 0.3 is 5.97 Å². The minimum atomic E-state index is -2.62. The fourth-order valence-electron chi connectivity index (χ4n) is 1.40. The van der Waals surface area contributed by atoms with Crippen molar-refractivity contribution >= 4 is 21.9 Å². The van der Waals surface area contributed by atoms with Gasteiger partial charge in [-0.2, -0.15) is 0 Å². The molecule has 0 atom stereocenters. The minimum absolute atomic E-state index is 0.152. The standard InChI is InChI=1S/C10H10BrF2NO2/c1-5-8(4-11)7(10(12)13)2-6(14-5)3-9(15)16/h2,10H,3-4H2,1H3,(H,15,16). The van der Waals surface area contributed by atoms with Crippen molar-refractivity contribution in [3.05, 3.63) is 28.6 Å². The first-order valence-corrected chi connectivity index (χ1v) is 5.63. The van der Waals surface area contributed by atoms with Crippen molar-refractivity contribution in [3.8, 4) is 0 Å². The number of aryl methyl sites for hydroxylation is 1. The van der Waals surface area contributed by atoms with E-state index >= 15 is 0 Å². The van der Waals surface area contributed by atoms with E-state index in [1.807, 2.05) is 0 Å². The van der Waals surface area contributed by atoms with Crippen molar-refractivity contribution in [2.75, 3.05) is 0 Å². The van der Waals surface area contributed by atoms with Crippen LogP contribution in [0.3, 0.4) is 0 Å². The van der Waals surface area contributed by atoms with E-state index in [0.717, 1.165) is 6.07 Å². The van der Waals surface area contributed by atoms with Crippen LogP contribution in [0.5, 0.6) is 0 Å². The number of aliphatic carboxylic acids is 1. The Labute approximate surface area is 99.6 Å². The molecule has 0 aliphatic rings. The molecule has 0 unspecified atom stereocenters. The lowest BCUT2D eigenvalue weighted by Crippen LogP contribution is -2.07. The summed E-state index contributed by atoms with van der Waals surface area (Å²) in [6.45, 7) is 1.59. The van der Waals surface area contributed by atoms with Crippen molar-refractivity contribution < 1.29 is 18.7 Å². The van der Waals surface area contributed by atoms with Crippen molar-refractivity contribution in [1.82, 2.24) is 4.98 Å². The molecular formula is C10H10BrF2NO2. The van der Waals surface area contributed by atoms with Crippen LogP contribution in [0.1, 0.15) is 28.9 Å². The average Bonchev–Trinajstić information content (AvgIpc) is 2.15. The highest BCUT2D eigenvalue weighted by Gasteiger charge is 2.17. The van der Waals surface area contributed by atoms with E-state index < -0.39 is 12.4 Å². The zero-order chi connectivity index (χ0) is 12.3. The van der Waals surface area contributed by atoms with Crippen LogP contribution in [-0.4, -0.2) is 16.1 Å². The molecule has 6 heteroatoms. The van der Waals surface area contributed by atoms with Gasteiger partial charge in [-0.1, -0.05) is 15.9 Å². The fraction of sp³-hybridized carbons (Fsp3) is 0.400. The molecule has 0 aliphatic carbocycles. The summed E-state index contributed by atoms with van der Waals surface area (Å²) in [5, 5.41) is 8.85. The Hall–Kier alpha value is -1.04. The summed E-state index contributed by atoms with van der Waals surface area (Å²) < 4.78 is 25.4. The van der Waals surface area contributed by atoms with Crippen LogP contribution < -0.4 is 0 Å². The first-order valence-electron chi connectivity index (χ1n) is 4.51. The molecule has 0 spiro atoms. The third-order valence-corrected chi connectivity index (χ3v) is 2.68. The third-order valence-electron chi connectivity index (χ3n) is 2.12. The van der Waals surface area contributed by atoms with Crippen molar-refractivity contribution in [3.63, 3.8) is 0 Å². The maximum absolute atomic E-state index is 12.7. The Bertz CT molecular complexity index is 410. The Morgan fingerprint density at radius 1 is 1.62 bits per heavy atom. The van der Waals surface area contributed by atoms with Crippen LogP contribution in [0.25, 0.3) is 0 Å². The number of carboxylic acids is 1. The lowest BCUT2D eigenvalue weighted by molar-refractivity contribution is -0.136. The van der Waals surface area contributed by atoms with Gasteiger partial charge in [0, 0.05) is 16.6 Å². The van der Waals surface area contributed by atoms with Gasteiger partial charge in [-0.3, -0.25) is 9.78 Å². The topological polar surface area (TPSA) is 50.2 Å². The molecule has 1 rings (SSSR count). The molecule has 0 aromatic carbocycles. The quantitative estimate of drug-likeness (QED) is 0.869. The second-order valence-corrected chi connectivity index (χ2v) is 3.83. The second kappa shape index (κ2) is 5.34. The van der Waals surface area contributed by atoms with E-state index in [1.165, 1.54) is 0 Å². The smallest absolute Gasteiger partial charge is 0.309 e. The molecule has 0 saturated carbocycles. The van der Waals surface area contributed by atoms with Crippen LogP contribution in [0.2, 0.25) is 0 Å². The summed E-state index contributed by atoms with van der Waals surface area (Å²) in [7, 11) is 0. The molecule has 88 valence electrons. The predicted octanol–water partition coefficient (Wildman–Crippen LogP) is 2.85. The minimum Gasteiger partial charge on any atom is -0.481 e. The van der Waals surface area contributed by atoms with E-state index in [-0.39, 0.29) is 23.0 Å². The molecule has 0 aliphatic heterocycles. The van der Waals surface area contributed by atoms with E-state index in [0.29, 0.717) is 11.3 Å². The van der Waals surface area contributed by atoms with Crippen molar-refractivity contribution in [1.29, 1.82) is 0 Å². The molecule has 3 nitrogen and oxygen atoms in total. The Morgan fingerprint density at radius 3 is 2.69 bits per heavy atom. The molecule has 1 aromatic heterocycles. The number of hydrogen-bond donors (Lipinski definition) is 1. The van der Waals surface area contributed by atoms with E-state index in [9.17, 15) is 13.6 Å². The maximum atomic E-state index is 12.7. The number of aromatic nitrogens is 1. The SMILES string of the molecule is Cc1nc(CC(=O)O)cc(C(F)F)c1CBr. The van der Waals surface area contributed by atoms with Crippen LogP contribution in [0.4, 0.5) is 8.78 Å². The second-order valence-electron chi connectivity index (χ2n) is 3.27. The number of carboxylic acid groups (broad SMARTS) is 1. The molecule has 0 amide bonds. The summed E-state index contributed by atoms with van der Waals surface area (Å²) in [6.07, 6.45) is -2.97. The number of halogens is 3. The largest absolute Gasteiger partial charge is 0.481 e. The number of rotatable bonds is 4. The van der Waals surface area contributed by atoms with Crippen LogP contribution >= 0.6 is 15.9 Å². The van der Waals surface area contributed by atoms with Crippen LogP contribution in [0.15, 0.2) is 6.07 Å². The summed E-state index contributed by atoms with van der Waals surface area (Å²) in [4.78, 5) is 14.5. The molecular weight excluding hydrogens is 284 g/mol. The predicted molar refractivity (Wildman–Crippen MR) is 57.9 cm³/mol. The molecule has 0 bridgehead atoms. The first-order chi connectivity index (χ1) is 7.45. The van der Waals surface area contributed by atoms with E-state index in [1.54, 1.807) is 6.92 Å². The van der Waals surface area contributed by atoms with Gasteiger partial charge in [0.15, 0.2) is 0 Å². The summed E-state index contributed by atoms with van der Waals surface area (Å²) in [5.74, 6) is -1.08. The molecule has 0 radical (unpaired) electrons. The molecule has 0 saturated heterocycles. The third kappa shape index (κ3) is 2.98. The average molecular weight is 294 g/mol. The molecule has 16 heavy (non-hydrogen) atoms. The number of pyridine rings is 1. The number of nitrogens with zero attached hydrogens (tertiary/aromatic N) is 1. The number of hydrogen-bond acceptors (Lipinski definition) is 2. The van der Waals surface area contributed by atoms with Gasteiger partial charge in [0.05, 0.1) is 12.1 Å². The first kappa shape index (κ1) is 13.0. The van der Waals surface area contributed by atoms with Gasteiger partial charge in [0.1, 0.15) is 0 Å². The summed E-state index contributed by atoms with van der Waals surface area (Å²) in [5.41, 5.74) is 0.862. The molecule has 1 N–H and O–H groups in total. The molecule has 1 heterocycles. The number of alkyl halides is 3. The summed E-state index contributed by atoms with van der Waals surface area (Å²) in [6, 6.07) is 1.16. The summed E-state index contributed by atoms with van der Waals surface area (Å²) >= 11 is 3.11. The highest BCUT2D eigenvalue weighted by Crippen LogP contribution is 2.27. The molecule has 0 fully saturated rings. The van der Waals surface area contributed by atoms with E-state index in [4.69, 9.17) is 5.11 Å². The lowest BCUT2D eigenvalue weighted by atomic mass is 10.1. The zero-order valence-corrected chi connectivity index (χ0v) is 10.1.